The van der Waals surface area contributed by atoms with Crippen molar-refractivity contribution in [2.75, 3.05) is 27.2 Å². The number of nitrogens with one attached hydrogen (secondary N) is 1. The molecule has 0 atom stereocenters. The number of rotatable bonds is 5. The Morgan fingerprint density at radius 1 is 1.45 bits per heavy atom. The van der Waals surface area contributed by atoms with E-state index in [2.05, 4.69) is 15.4 Å². The molecule has 0 aliphatic carbocycles. The van der Waals surface area contributed by atoms with Crippen molar-refractivity contribution in [3.05, 3.63) is 42.0 Å². The van der Waals surface area contributed by atoms with Gasteiger partial charge in [-0.15, -0.1) is 0 Å². The molecule has 6 nitrogen and oxygen atoms in total. The first-order valence-electron chi connectivity index (χ1n) is 6.49. The standard InChI is InChI=1S/C14H19N5O/c1-11-8-12(14(20)18(3)7-6-15-2)4-5-13(11)19-10-16-9-17-19/h4-5,8-10,15H,6-7H2,1-3H3. The van der Waals surface area contributed by atoms with Gasteiger partial charge in [-0.2, -0.15) is 5.10 Å². The second-order valence-corrected chi connectivity index (χ2v) is 4.67. The lowest BCUT2D eigenvalue weighted by molar-refractivity contribution is 0.0797. The molecule has 0 aliphatic heterocycles. The summed E-state index contributed by atoms with van der Waals surface area (Å²) in [6.07, 6.45) is 3.13. The average molecular weight is 273 g/mol. The van der Waals surface area contributed by atoms with Crippen molar-refractivity contribution >= 4 is 5.91 Å². The largest absolute Gasteiger partial charge is 0.340 e. The Morgan fingerprint density at radius 3 is 2.85 bits per heavy atom. The van der Waals surface area contributed by atoms with Crippen molar-refractivity contribution in [3.8, 4) is 5.69 Å². The van der Waals surface area contributed by atoms with Gasteiger partial charge < -0.3 is 10.2 Å². The number of nitrogens with zero attached hydrogens (tertiary/aromatic N) is 4. The van der Waals surface area contributed by atoms with Crippen LogP contribution in [0.15, 0.2) is 30.9 Å². The molecule has 0 radical (unpaired) electrons. The minimum atomic E-state index is 0.0218. The maximum absolute atomic E-state index is 12.3. The van der Waals surface area contributed by atoms with Crippen LogP contribution < -0.4 is 5.32 Å². The Hall–Kier alpha value is -2.21. The van der Waals surface area contributed by atoms with E-state index in [1.165, 1.54) is 6.33 Å². The number of likely N-dealkylation sites (N-methyl/N-ethyl adjacent to an activating group) is 2. The third-order valence-corrected chi connectivity index (χ3v) is 3.15. The first-order chi connectivity index (χ1) is 9.63. The van der Waals surface area contributed by atoms with Gasteiger partial charge >= 0.3 is 0 Å². The van der Waals surface area contributed by atoms with E-state index in [-0.39, 0.29) is 5.91 Å². The number of carbonyl (C=O) groups excluding carboxylic acids is 1. The lowest BCUT2D eigenvalue weighted by Crippen LogP contribution is -2.32. The number of amides is 1. The lowest BCUT2D eigenvalue weighted by atomic mass is 10.1. The molecule has 0 bridgehead atoms. The van der Waals surface area contributed by atoms with Gasteiger partial charge in [0.1, 0.15) is 12.7 Å². The van der Waals surface area contributed by atoms with Gasteiger partial charge in [-0.05, 0) is 37.7 Å². The van der Waals surface area contributed by atoms with Gasteiger partial charge in [0.2, 0.25) is 0 Å². The molecule has 2 aromatic rings. The third kappa shape index (κ3) is 3.03. The second kappa shape index (κ2) is 6.29. The number of aromatic nitrogens is 3. The van der Waals surface area contributed by atoms with Crippen LogP contribution in [0.3, 0.4) is 0 Å². The van der Waals surface area contributed by atoms with Crippen molar-refractivity contribution in [2.45, 2.75) is 6.92 Å². The molecule has 2 rings (SSSR count). The van der Waals surface area contributed by atoms with Crippen LogP contribution >= 0.6 is 0 Å². The van der Waals surface area contributed by atoms with Gasteiger partial charge in [0.05, 0.1) is 5.69 Å². The van der Waals surface area contributed by atoms with E-state index in [9.17, 15) is 4.79 Å². The maximum atomic E-state index is 12.3. The Labute approximate surface area is 118 Å². The van der Waals surface area contributed by atoms with Gasteiger partial charge in [-0.25, -0.2) is 9.67 Å². The molecule has 0 aliphatic rings. The summed E-state index contributed by atoms with van der Waals surface area (Å²) < 4.78 is 1.69. The molecular weight excluding hydrogens is 254 g/mol. The third-order valence-electron chi connectivity index (χ3n) is 3.15. The van der Waals surface area contributed by atoms with Crippen LogP contribution in [-0.4, -0.2) is 52.8 Å². The van der Waals surface area contributed by atoms with E-state index < -0.39 is 0 Å². The summed E-state index contributed by atoms with van der Waals surface area (Å²) in [5.74, 6) is 0.0218. The van der Waals surface area contributed by atoms with Crippen molar-refractivity contribution in [2.24, 2.45) is 0 Å². The molecule has 0 fully saturated rings. The summed E-state index contributed by atoms with van der Waals surface area (Å²) in [4.78, 5) is 17.9. The predicted molar refractivity (Wildman–Crippen MR) is 77.0 cm³/mol. The van der Waals surface area contributed by atoms with E-state index in [1.54, 1.807) is 23.0 Å². The highest BCUT2D eigenvalue weighted by molar-refractivity contribution is 5.94. The minimum absolute atomic E-state index is 0.0218. The van der Waals surface area contributed by atoms with Crippen LogP contribution in [0.5, 0.6) is 0 Å². The second-order valence-electron chi connectivity index (χ2n) is 4.67. The van der Waals surface area contributed by atoms with Gasteiger partial charge in [0, 0.05) is 25.7 Å². The van der Waals surface area contributed by atoms with Gasteiger partial charge in [-0.3, -0.25) is 4.79 Å². The maximum Gasteiger partial charge on any atom is 0.253 e. The van der Waals surface area contributed by atoms with Gasteiger partial charge in [0.15, 0.2) is 0 Å². The fourth-order valence-electron chi connectivity index (χ4n) is 1.98. The van der Waals surface area contributed by atoms with Crippen LogP contribution in [0.1, 0.15) is 15.9 Å². The normalized spacial score (nSPS) is 10.6. The summed E-state index contributed by atoms with van der Waals surface area (Å²) in [6.45, 7) is 3.42. The average Bonchev–Trinajstić information content (AvgIpc) is 2.97. The highest BCUT2D eigenvalue weighted by Gasteiger charge is 2.13. The number of carbonyl (C=O) groups is 1. The number of benzene rings is 1. The van der Waals surface area contributed by atoms with Gasteiger partial charge in [0.25, 0.3) is 5.91 Å². The molecule has 0 spiro atoms. The fraction of sp³-hybridized carbons (Fsp3) is 0.357. The fourth-order valence-corrected chi connectivity index (χ4v) is 1.98. The zero-order valence-electron chi connectivity index (χ0n) is 12.0. The summed E-state index contributed by atoms with van der Waals surface area (Å²) in [5, 5.41) is 7.13. The Bertz CT molecular complexity index is 579. The molecule has 1 N–H and O–H groups in total. The number of hydrogen-bond donors (Lipinski definition) is 1. The Balaban J connectivity index is 2.19. The number of aryl methyl sites for hydroxylation is 1. The molecular formula is C14H19N5O. The molecule has 1 heterocycles. The summed E-state index contributed by atoms with van der Waals surface area (Å²) in [5.41, 5.74) is 2.60. The van der Waals surface area contributed by atoms with E-state index in [0.29, 0.717) is 12.1 Å². The zero-order chi connectivity index (χ0) is 14.5. The molecule has 20 heavy (non-hydrogen) atoms. The molecule has 6 heteroatoms. The van der Waals surface area contributed by atoms with Crippen molar-refractivity contribution in [1.29, 1.82) is 0 Å². The SMILES string of the molecule is CNCCN(C)C(=O)c1ccc(-n2cncn2)c(C)c1. The van der Waals surface area contributed by atoms with Crippen molar-refractivity contribution < 1.29 is 4.79 Å². The lowest BCUT2D eigenvalue weighted by Gasteiger charge is -2.17. The van der Waals surface area contributed by atoms with Gasteiger partial charge in [-0.1, -0.05) is 0 Å². The zero-order valence-corrected chi connectivity index (χ0v) is 12.0. The van der Waals surface area contributed by atoms with E-state index in [1.807, 2.05) is 32.2 Å². The minimum Gasteiger partial charge on any atom is -0.340 e. The molecule has 0 saturated heterocycles. The summed E-state index contributed by atoms with van der Waals surface area (Å²) >= 11 is 0. The molecule has 0 unspecified atom stereocenters. The molecule has 0 saturated carbocycles. The Kier molecular flexibility index (Phi) is 4.47. The predicted octanol–water partition coefficient (Wildman–Crippen LogP) is 0.867. The topological polar surface area (TPSA) is 63.1 Å². The van der Waals surface area contributed by atoms with Crippen molar-refractivity contribution in [3.63, 3.8) is 0 Å². The molecule has 1 aromatic carbocycles. The van der Waals surface area contributed by atoms with E-state index >= 15 is 0 Å². The highest BCUT2D eigenvalue weighted by atomic mass is 16.2. The first-order valence-corrected chi connectivity index (χ1v) is 6.49. The molecule has 106 valence electrons. The van der Waals surface area contributed by atoms with Crippen LogP contribution in [0, 0.1) is 6.92 Å². The van der Waals surface area contributed by atoms with Crippen LogP contribution in [0.4, 0.5) is 0 Å². The summed E-state index contributed by atoms with van der Waals surface area (Å²) in [7, 11) is 3.68. The number of hydrogen-bond acceptors (Lipinski definition) is 4. The monoisotopic (exact) mass is 273 g/mol. The van der Waals surface area contributed by atoms with Crippen LogP contribution in [0.2, 0.25) is 0 Å². The summed E-state index contributed by atoms with van der Waals surface area (Å²) in [6, 6.07) is 5.60. The van der Waals surface area contributed by atoms with E-state index in [4.69, 9.17) is 0 Å². The van der Waals surface area contributed by atoms with Crippen LogP contribution in [0.25, 0.3) is 5.69 Å². The highest BCUT2D eigenvalue weighted by Crippen LogP contribution is 2.15. The van der Waals surface area contributed by atoms with E-state index in [0.717, 1.165) is 17.8 Å². The quantitative estimate of drug-likeness (QED) is 0.878. The molecule has 1 aromatic heterocycles. The molecule has 1 amide bonds. The smallest absolute Gasteiger partial charge is 0.253 e. The first kappa shape index (κ1) is 14.2. The van der Waals surface area contributed by atoms with Crippen molar-refractivity contribution in [1.82, 2.24) is 25.0 Å². The van der Waals surface area contributed by atoms with Crippen LogP contribution in [-0.2, 0) is 0 Å². The Morgan fingerprint density at radius 2 is 2.25 bits per heavy atom.